The maximum Gasteiger partial charge on any atom is 0.0358 e. The molecule has 2 rings (SSSR count). The second-order valence-electron chi connectivity index (χ2n) is 4.28. The average molecular weight is 269 g/mol. The zero-order valence-corrected chi connectivity index (χ0v) is 10.5. The molecule has 82 valence electrons. The van der Waals surface area contributed by atoms with Gasteiger partial charge in [0.25, 0.3) is 0 Å². The molecule has 1 saturated carbocycles. The minimum absolute atomic E-state index is 0.410. The molecule has 3 heteroatoms. The molecule has 0 saturated heterocycles. The third-order valence-electron chi connectivity index (χ3n) is 3.23. The maximum atomic E-state index is 5.84. The van der Waals surface area contributed by atoms with Crippen molar-refractivity contribution in [3.63, 3.8) is 0 Å². The first kappa shape index (κ1) is 11.1. The van der Waals surface area contributed by atoms with Gasteiger partial charge in [0.05, 0.1) is 0 Å². The van der Waals surface area contributed by atoms with E-state index < -0.39 is 0 Å². The highest BCUT2D eigenvalue weighted by molar-refractivity contribution is 9.10. The molecular formula is C12H17BrN2. The van der Waals surface area contributed by atoms with E-state index >= 15 is 0 Å². The first-order valence-corrected chi connectivity index (χ1v) is 6.19. The topological polar surface area (TPSA) is 38.0 Å². The summed E-state index contributed by atoms with van der Waals surface area (Å²) in [4.78, 5) is 0. The van der Waals surface area contributed by atoms with Crippen LogP contribution in [0.3, 0.4) is 0 Å². The van der Waals surface area contributed by atoms with Crippen molar-refractivity contribution in [3.8, 4) is 0 Å². The van der Waals surface area contributed by atoms with Gasteiger partial charge in [-0.15, -0.1) is 0 Å². The summed E-state index contributed by atoms with van der Waals surface area (Å²) in [7, 11) is 2.02. The third kappa shape index (κ3) is 2.25. The predicted octanol–water partition coefficient (Wildman–Crippen LogP) is 2.45. The molecule has 15 heavy (non-hydrogen) atoms. The maximum absolute atomic E-state index is 5.84. The molecule has 1 aromatic carbocycles. The minimum atomic E-state index is 0.410. The lowest BCUT2D eigenvalue weighted by molar-refractivity contribution is 0.203. The standard InChI is InChI=1S/C12H17BrN2/c1-15-12(8-6-9(14)7-8)10-4-2-3-5-11(10)13/h2-5,8-9,12,15H,6-7,14H2,1H3. The molecule has 1 fully saturated rings. The first-order valence-electron chi connectivity index (χ1n) is 5.39. The molecule has 1 atom stereocenters. The minimum Gasteiger partial charge on any atom is -0.328 e. The number of halogens is 1. The highest BCUT2D eigenvalue weighted by Gasteiger charge is 2.33. The number of nitrogens with one attached hydrogen (secondary N) is 1. The van der Waals surface area contributed by atoms with Crippen LogP contribution in [0.4, 0.5) is 0 Å². The number of nitrogens with two attached hydrogens (primary N) is 1. The van der Waals surface area contributed by atoms with Crippen molar-refractivity contribution >= 4 is 15.9 Å². The van der Waals surface area contributed by atoms with Crippen LogP contribution in [-0.4, -0.2) is 13.1 Å². The number of hydrogen-bond donors (Lipinski definition) is 2. The van der Waals surface area contributed by atoms with Crippen LogP contribution in [0.25, 0.3) is 0 Å². The normalized spacial score (nSPS) is 27.1. The smallest absolute Gasteiger partial charge is 0.0358 e. The SMILES string of the molecule is CNC(c1ccccc1Br)C1CC(N)C1. The van der Waals surface area contributed by atoms with E-state index in [9.17, 15) is 0 Å². The van der Waals surface area contributed by atoms with E-state index in [0.717, 1.165) is 12.8 Å². The molecule has 3 N–H and O–H groups in total. The van der Waals surface area contributed by atoms with Gasteiger partial charge in [-0.25, -0.2) is 0 Å². The van der Waals surface area contributed by atoms with Gasteiger partial charge in [-0.05, 0) is 37.4 Å². The molecular weight excluding hydrogens is 252 g/mol. The third-order valence-corrected chi connectivity index (χ3v) is 3.96. The molecule has 1 aromatic rings. The van der Waals surface area contributed by atoms with Crippen LogP contribution < -0.4 is 11.1 Å². The van der Waals surface area contributed by atoms with Crippen molar-refractivity contribution in [1.82, 2.24) is 5.32 Å². The van der Waals surface area contributed by atoms with Crippen LogP contribution >= 0.6 is 15.9 Å². The van der Waals surface area contributed by atoms with Crippen molar-refractivity contribution in [2.45, 2.75) is 24.9 Å². The van der Waals surface area contributed by atoms with E-state index in [-0.39, 0.29) is 0 Å². The summed E-state index contributed by atoms with van der Waals surface area (Å²) in [6, 6.07) is 9.25. The monoisotopic (exact) mass is 268 g/mol. The molecule has 2 nitrogen and oxygen atoms in total. The molecule has 0 bridgehead atoms. The molecule has 1 unspecified atom stereocenters. The van der Waals surface area contributed by atoms with Gasteiger partial charge in [-0.1, -0.05) is 34.1 Å². The van der Waals surface area contributed by atoms with Gasteiger partial charge in [0.2, 0.25) is 0 Å². The Morgan fingerprint density at radius 2 is 2.07 bits per heavy atom. The number of benzene rings is 1. The summed E-state index contributed by atoms with van der Waals surface area (Å²) < 4.78 is 1.19. The molecule has 0 aliphatic heterocycles. The van der Waals surface area contributed by atoms with Crippen LogP contribution in [0, 0.1) is 5.92 Å². The van der Waals surface area contributed by atoms with E-state index in [1.54, 1.807) is 0 Å². The summed E-state index contributed by atoms with van der Waals surface area (Å²) in [5.41, 5.74) is 7.18. The fourth-order valence-corrected chi connectivity index (χ4v) is 2.88. The van der Waals surface area contributed by atoms with E-state index in [4.69, 9.17) is 5.73 Å². The van der Waals surface area contributed by atoms with E-state index in [0.29, 0.717) is 18.0 Å². The van der Waals surface area contributed by atoms with Gasteiger partial charge in [0, 0.05) is 16.6 Å². The molecule has 0 amide bonds. The lowest BCUT2D eigenvalue weighted by Gasteiger charge is -2.39. The molecule has 0 heterocycles. The van der Waals surface area contributed by atoms with Gasteiger partial charge in [-0.3, -0.25) is 0 Å². The quantitative estimate of drug-likeness (QED) is 0.884. The zero-order valence-electron chi connectivity index (χ0n) is 8.91. The van der Waals surface area contributed by atoms with E-state index in [1.165, 1.54) is 10.0 Å². The lowest BCUT2D eigenvalue weighted by Crippen LogP contribution is -2.42. The second kappa shape index (κ2) is 4.64. The van der Waals surface area contributed by atoms with E-state index in [1.807, 2.05) is 13.1 Å². The van der Waals surface area contributed by atoms with Crippen molar-refractivity contribution in [2.75, 3.05) is 7.05 Å². The predicted molar refractivity (Wildman–Crippen MR) is 66.6 cm³/mol. The second-order valence-corrected chi connectivity index (χ2v) is 5.13. The lowest BCUT2D eigenvalue weighted by atomic mass is 9.74. The Morgan fingerprint density at radius 1 is 1.40 bits per heavy atom. The molecule has 0 spiro atoms. The number of hydrogen-bond acceptors (Lipinski definition) is 2. The fraction of sp³-hybridized carbons (Fsp3) is 0.500. The molecule has 0 radical (unpaired) electrons. The molecule has 1 aliphatic rings. The first-order chi connectivity index (χ1) is 7.22. The summed E-state index contributed by atoms with van der Waals surface area (Å²) in [5.74, 6) is 0.684. The summed E-state index contributed by atoms with van der Waals surface area (Å²) in [6.45, 7) is 0. The van der Waals surface area contributed by atoms with Crippen molar-refractivity contribution < 1.29 is 0 Å². The Hall–Kier alpha value is -0.380. The van der Waals surface area contributed by atoms with Gasteiger partial charge in [0.15, 0.2) is 0 Å². The zero-order chi connectivity index (χ0) is 10.8. The van der Waals surface area contributed by atoms with Crippen molar-refractivity contribution in [2.24, 2.45) is 11.7 Å². The summed E-state index contributed by atoms with van der Waals surface area (Å²) in [5, 5.41) is 3.40. The largest absolute Gasteiger partial charge is 0.328 e. The Kier molecular flexibility index (Phi) is 3.44. The Bertz CT molecular complexity index is 334. The van der Waals surface area contributed by atoms with Gasteiger partial charge in [-0.2, -0.15) is 0 Å². The van der Waals surface area contributed by atoms with Crippen molar-refractivity contribution in [3.05, 3.63) is 34.3 Å². The summed E-state index contributed by atoms with van der Waals surface area (Å²) >= 11 is 3.60. The van der Waals surface area contributed by atoms with Gasteiger partial charge >= 0.3 is 0 Å². The van der Waals surface area contributed by atoms with Crippen LogP contribution in [0.5, 0.6) is 0 Å². The molecule has 1 aliphatic carbocycles. The van der Waals surface area contributed by atoms with Crippen LogP contribution in [0.2, 0.25) is 0 Å². The van der Waals surface area contributed by atoms with Gasteiger partial charge < -0.3 is 11.1 Å². The van der Waals surface area contributed by atoms with Crippen molar-refractivity contribution in [1.29, 1.82) is 0 Å². The van der Waals surface area contributed by atoms with Crippen LogP contribution in [-0.2, 0) is 0 Å². The Labute approximate surface area is 99.4 Å². The Balaban J connectivity index is 2.16. The number of rotatable bonds is 3. The highest BCUT2D eigenvalue weighted by Crippen LogP contribution is 2.38. The highest BCUT2D eigenvalue weighted by atomic mass is 79.9. The molecule has 0 aromatic heterocycles. The van der Waals surface area contributed by atoms with Gasteiger partial charge in [0.1, 0.15) is 0 Å². The Morgan fingerprint density at radius 3 is 2.60 bits per heavy atom. The van der Waals surface area contributed by atoms with E-state index in [2.05, 4.69) is 39.4 Å². The summed E-state index contributed by atoms with van der Waals surface area (Å²) in [6.07, 6.45) is 2.26. The van der Waals surface area contributed by atoms with Crippen LogP contribution in [0.1, 0.15) is 24.4 Å². The fourth-order valence-electron chi connectivity index (χ4n) is 2.35. The average Bonchev–Trinajstić information content (AvgIpc) is 2.19. The van der Waals surface area contributed by atoms with Crippen LogP contribution in [0.15, 0.2) is 28.7 Å².